The molecule has 1 saturated carbocycles. The first-order chi connectivity index (χ1) is 11.6. The molecule has 3 aromatic rings. The number of anilines is 1. The van der Waals surface area contributed by atoms with Crippen LogP contribution < -0.4 is 5.32 Å². The SMILES string of the molecule is CCc1cc(NCC2(Cn3ccnc3)CC2)n2nc(C)c(C)c2n1. The number of nitrogens with one attached hydrogen (secondary N) is 1. The summed E-state index contributed by atoms with van der Waals surface area (Å²) in [6.45, 7) is 8.25. The quantitative estimate of drug-likeness (QED) is 0.757. The molecule has 4 rings (SSSR count). The minimum absolute atomic E-state index is 0.333. The van der Waals surface area contributed by atoms with E-state index in [0.717, 1.165) is 47.9 Å². The Kier molecular flexibility index (Phi) is 3.55. The fraction of sp³-hybridized carbons (Fsp3) is 0.500. The number of fused-ring (bicyclic) bond motifs is 1. The highest BCUT2D eigenvalue weighted by atomic mass is 15.3. The molecule has 0 saturated heterocycles. The predicted octanol–water partition coefficient (Wildman–Crippen LogP) is 3.00. The van der Waals surface area contributed by atoms with Gasteiger partial charge in [0.05, 0.1) is 12.0 Å². The maximum absolute atomic E-state index is 4.74. The van der Waals surface area contributed by atoms with Crippen molar-refractivity contribution in [3.05, 3.63) is 41.7 Å². The normalized spacial score (nSPS) is 15.8. The Morgan fingerprint density at radius 3 is 2.79 bits per heavy atom. The lowest BCUT2D eigenvalue weighted by molar-refractivity contribution is 0.444. The molecule has 6 nitrogen and oxygen atoms in total. The third kappa shape index (κ3) is 2.66. The summed E-state index contributed by atoms with van der Waals surface area (Å²) in [5.41, 5.74) is 4.60. The standard InChI is InChI=1S/C18H24N6/c1-4-15-9-16(24-17(21-15)13(2)14(3)22-24)20-10-18(5-6-18)11-23-8-7-19-12-23/h7-9,12,20H,4-6,10-11H2,1-3H3. The van der Waals surface area contributed by atoms with Gasteiger partial charge in [-0.1, -0.05) is 6.92 Å². The van der Waals surface area contributed by atoms with Crippen LogP contribution in [0, 0.1) is 19.3 Å². The molecule has 126 valence electrons. The number of aromatic nitrogens is 5. The largest absolute Gasteiger partial charge is 0.369 e. The van der Waals surface area contributed by atoms with Crippen molar-refractivity contribution in [2.75, 3.05) is 11.9 Å². The van der Waals surface area contributed by atoms with Gasteiger partial charge in [0.15, 0.2) is 5.65 Å². The van der Waals surface area contributed by atoms with Crippen LogP contribution >= 0.6 is 0 Å². The van der Waals surface area contributed by atoms with Crippen LogP contribution in [-0.2, 0) is 13.0 Å². The lowest BCUT2D eigenvalue weighted by Gasteiger charge is -2.18. The van der Waals surface area contributed by atoms with Crippen LogP contribution in [0.25, 0.3) is 5.65 Å². The van der Waals surface area contributed by atoms with Gasteiger partial charge in [-0.2, -0.15) is 9.61 Å². The highest BCUT2D eigenvalue weighted by Gasteiger charge is 2.42. The lowest BCUT2D eigenvalue weighted by atomic mass is 10.1. The molecule has 1 fully saturated rings. The molecule has 1 aliphatic rings. The highest BCUT2D eigenvalue weighted by molar-refractivity contribution is 5.56. The summed E-state index contributed by atoms with van der Waals surface area (Å²) in [6, 6.07) is 2.13. The summed E-state index contributed by atoms with van der Waals surface area (Å²) in [5.74, 6) is 1.05. The Morgan fingerprint density at radius 1 is 1.29 bits per heavy atom. The van der Waals surface area contributed by atoms with Crippen molar-refractivity contribution in [2.45, 2.75) is 46.6 Å². The molecule has 0 aromatic carbocycles. The molecule has 3 aromatic heterocycles. The van der Waals surface area contributed by atoms with Crippen molar-refractivity contribution in [1.29, 1.82) is 0 Å². The second-order valence-corrected chi connectivity index (χ2v) is 7.02. The summed E-state index contributed by atoms with van der Waals surface area (Å²) in [4.78, 5) is 8.89. The molecule has 0 radical (unpaired) electrons. The van der Waals surface area contributed by atoms with Crippen LogP contribution in [0.15, 0.2) is 24.8 Å². The van der Waals surface area contributed by atoms with E-state index in [1.54, 1.807) is 0 Å². The maximum Gasteiger partial charge on any atom is 0.160 e. The molecule has 0 amide bonds. The fourth-order valence-electron chi connectivity index (χ4n) is 3.20. The molecular weight excluding hydrogens is 300 g/mol. The summed E-state index contributed by atoms with van der Waals surface area (Å²) < 4.78 is 4.13. The van der Waals surface area contributed by atoms with Crippen LogP contribution in [0.1, 0.15) is 36.7 Å². The van der Waals surface area contributed by atoms with Gasteiger partial charge in [0.2, 0.25) is 0 Å². The van der Waals surface area contributed by atoms with Gasteiger partial charge in [-0.25, -0.2) is 9.97 Å². The first-order valence-corrected chi connectivity index (χ1v) is 8.66. The van der Waals surface area contributed by atoms with Gasteiger partial charge in [0.1, 0.15) is 5.82 Å². The molecule has 1 N–H and O–H groups in total. The van der Waals surface area contributed by atoms with Gasteiger partial charge < -0.3 is 9.88 Å². The van der Waals surface area contributed by atoms with Crippen molar-refractivity contribution in [3.63, 3.8) is 0 Å². The van der Waals surface area contributed by atoms with Crippen molar-refractivity contribution in [1.82, 2.24) is 24.1 Å². The van der Waals surface area contributed by atoms with Gasteiger partial charge >= 0.3 is 0 Å². The molecular formula is C18H24N6. The van der Waals surface area contributed by atoms with E-state index < -0.39 is 0 Å². The Morgan fingerprint density at radius 2 is 2.12 bits per heavy atom. The average Bonchev–Trinajstić information content (AvgIpc) is 3.02. The van der Waals surface area contributed by atoms with E-state index in [2.05, 4.69) is 39.9 Å². The van der Waals surface area contributed by atoms with E-state index in [0.29, 0.717) is 5.41 Å². The molecule has 0 aliphatic heterocycles. The monoisotopic (exact) mass is 324 g/mol. The van der Waals surface area contributed by atoms with Gasteiger partial charge in [0.25, 0.3) is 0 Å². The molecule has 6 heteroatoms. The Labute approximate surface area is 141 Å². The minimum atomic E-state index is 0.333. The van der Waals surface area contributed by atoms with Gasteiger partial charge in [0, 0.05) is 48.2 Å². The van der Waals surface area contributed by atoms with Gasteiger partial charge in [-0.15, -0.1) is 0 Å². The minimum Gasteiger partial charge on any atom is -0.369 e. The van der Waals surface area contributed by atoms with Crippen LogP contribution in [-0.4, -0.2) is 30.7 Å². The predicted molar refractivity (Wildman–Crippen MR) is 94.2 cm³/mol. The zero-order valence-electron chi connectivity index (χ0n) is 14.6. The number of aryl methyl sites for hydroxylation is 3. The third-order valence-corrected chi connectivity index (χ3v) is 5.15. The summed E-state index contributed by atoms with van der Waals surface area (Å²) in [6.07, 6.45) is 9.22. The van der Waals surface area contributed by atoms with Crippen molar-refractivity contribution < 1.29 is 0 Å². The van der Waals surface area contributed by atoms with E-state index in [-0.39, 0.29) is 0 Å². The van der Waals surface area contributed by atoms with E-state index in [9.17, 15) is 0 Å². The molecule has 24 heavy (non-hydrogen) atoms. The van der Waals surface area contributed by atoms with Crippen molar-refractivity contribution >= 4 is 11.5 Å². The summed E-state index contributed by atoms with van der Waals surface area (Å²) >= 11 is 0. The lowest BCUT2D eigenvalue weighted by Crippen LogP contribution is -2.22. The molecule has 0 atom stereocenters. The maximum atomic E-state index is 4.74. The zero-order valence-corrected chi connectivity index (χ0v) is 14.6. The number of imidazole rings is 1. The van der Waals surface area contributed by atoms with Crippen LogP contribution in [0.2, 0.25) is 0 Å². The fourth-order valence-corrected chi connectivity index (χ4v) is 3.20. The van der Waals surface area contributed by atoms with E-state index in [1.807, 2.05) is 30.2 Å². The summed E-state index contributed by atoms with van der Waals surface area (Å²) in [5, 5.41) is 8.31. The van der Waals surface area contributed by atoms with Gasteiger partial charge in [-0.05, 0) is 33.1 Å². The molecule has 3 heterocycles. The van der Waals surface area contributed by atoms with Crippen molar-refractivity contribution in [3.8, 4) is 0 Å². The number of hydrogen-bond acceptors (Lipinski definition) is 4. The Hall–Kier alpha value is -2.37. The van der Waals surface area contributed by atoms with E-state index in [4.69, 9.17) is 4.98 Å². The number of nitrogens with zero attached hydrogens (tertiary/aromatic N) is 5. The topological polar surface area (TPSA) is 60.0 Å². The van der Waals surface area contributed by atoms with Crippen LogP contribution in [0.5, 0.6) is 0 Å². The van der Waals surface area contributed by atoms with E-state index >= 15 is 0 Å². The molecule has 0 unspecified atom stereocenters. The Balaban J connectivity index is 1.59. The average molecular weight is 324 g/mol. The second-order valence-electron chi connectivity index (χ2n) is 7.02. The second kappa shape index (κ2) is 5.61. The number of hydrogen-bond donors (Lipinski definition) is 1. The van der Waals surface area contributed by atoms with Gasteiger partial charge in [-0.3, -0.25) is 0 Å². The summed E-state index contributed by atoms with van der Waals surface area (Å²) in [7, 11) is 0. The van der Waals surface area contributed by atoms with Crippen molar-refractivity contribution in [2.24, 2.45) is 5.41 Å². The number of rotatable bonds is 6. The molecule has 0 spiro atoms. The molecule has 1 aliphatic carbocycles. The van der Waals surface area contributed by atoms with Crippen LogP contribution in [0.4, 0.5) is 5.82 Å². The first-order valence-electron chi connectivity index (χ1n) is 8.66. The van der Waals surface area contributed by atoms with Crippen LogP contribution in [0.3, 0.4) is 0 Å². The van der Waals surface area contributed by atoms with E-state index in [1.165, 1.54) is 12.8 Å². The third-order valence-electron chi connectivity index (χ3n) is 5.15. The Bertz CT molecular complexity index is 857. The first kappa shape index (κ1) is 15.2. The highest BCUT2D eigenvalue weighted by Crippen LogP contribution is 2.47. The smallest absolute Gasteiger partial charge is 0.160 e. The molecule has 0 bridgehead atoms. The zero-order chi connectivity index (χ0) is 16.7.